The Hall–Kier alpha value is -3.78. The van der Waals surface area contributed by atoms with Crippen LogP contribution >= 0.6 is 0 Å². The molecule has 4 aromatic rings. The lowest BCUT2D eigenvalue weighted by atomic mass is 9.90. The molecule has 4 rings (SSSR count). The lowest BCUT2D eigenvalue weighted by Crippen LogP contribution is -2.01. The predicted octanol–water partition coefficient (Wildman–Crippen LogP) is 8.14. The maximum atomic E-state index is 6.12. The van der Waals surface area contributed by atoms with Crippen LogP contribution in [-0.2, 0) is 13.2 Å². The number of hydrogen-bond acceptors (Lipinski definition) is 2. The largest absolute Gasteiger partial charge is 0.489 e. The molecule has 0 saturated carbocycles. The van der Waals surface area contributed by atoms with E-state index in [2.05, 4.69) is 82.8 Å². The zero-order valence-electron chi connectivity index (χ0n) is 20.5. The second-order valence-corrected chi connectivity index (χ2v) is 8.89. The van der Waals surface area contributed by atoms with E-state index in [4.69, 9.17) is 9.47 Å². The molecular weight excluding hydrogens is 416 g/mol. The van der Waals surface area contributed by atoms with Gasteiger partial charge in [-0.05, 0) is 102 Å². The molecule has 0 amide bonds. The lowest BCUT2D eigenvalue weighted by molar-refractivity contribution is 0.304. The highest BCUT2D eigenvalue weighted by Crippen LogP contribution is 2.34. The summed E-state index contributed by atoms with van der Waals surface area (Å²) in [6.07, 6.45) is 0. The summed E-state index contributed by atoms with van der Waals surface area (Å²) in [4.78, 5) is 0. The van der Waals surface area contributed by atoms with Gasteiger partial charge in [-0.2, -0.15) is 0 Å². The van der Waals surface area contributed by atoms with Crippen molar-refractivity contribution in [1.82, 2.24) is 0 Å². The monoisotopic (exact) mass is 448 g/mol. The summed E-state index contributed by atoms with van der Waals surface area (Å²) in [6, 6.07) is 29.1. The molecule has 0 N–H and O–H groups in total. The van der Waals surface area contributed by atoms with E-state index in [1.807, 2.05) is 36.4 Å². The first-order valence-corrected chi connectivity index (χ1v) is 11.7. The molecule has 0 aromatic heterocycles. The van der Waals surface area contributed by atoms with Gasteiger partial charge in [0.15, 0.2) is 0 Å². The van der Waals surface area contributed by atoms with Crippen LogP contribution < -0.4 is 9.47 Å². The van der Waals surface area contributed by atoms with Crippen LogP contribution in [0.5, 0.6) is 11.5 Å². The van der Waals surface area contributed by atoms with Gasteiger partial charge in [-0.3, -0.25) is 0 Å². The maximum absolute atomic E-state index is 6.12. The predicted molar refractivity (Wildman–Crippen MR) is 142 cm³/mol. The molecule has 0 aliphatic carbocycles. The second kappa shape index (κ2) is 10.4. The van der Waals surface area contributed by atoms with Gasteiger partial charge in [0.05, 0.1) is 0 Å². The molecule has 2 nitrogen and oxygen atoms in total. The molecule has 0 unspecified atom stereocenters. The average molecular weight is 449 g/mol. The summed E-state index contributed by atoms with van der Waals surface area (Å²) in [6.45, 7) is 14.0. The molecular formula is C32H32O2. The normalized spacial score (nSPS) is 10.7. The molecule has 0 bridgehead atoms. The molecule has 0 heterocycles. The third-order valence-corrected chi connectivity index (χ3v) is 6.17. The summed E-state index contributed by atoms with van der Waals surface area (Å²) >= 11 is 0. The summed E-state index contributed by atoms with van der Waals surface area (Å²) in [5.74, 6) is 1.82. The molecule has 0 fully saturated rings. The van der Waals surface area contributed by atoms with E-state index >= 15 is 0 Å². The zero-order chi connectivity index (χ0) is 24.1. The van der Waals surface area contributed by atoms with Crippen molar-refractivity contribution in [2.75, 3.05) is 0 Å². The van der Waals surface area contributed by atoms with E-state index in [0.717, 1.165) is 61.6 Å². The number of hydrogen-bond donors (Lipinski definition) is 0. The van der Waals surface area contributed by atoms with Crippen molar-refractivity contribution >= 4 is 5.57 Å². The Bertz CT molecular complexity index is 1190. The lowest BCUT2D eigenvalue weighted by Gasteiger charge is -2.18. The van der Waals surface area contributed by atoms with Crippen molar-refractivity contribution in [1.29, 1.82) is 0 Å². The van der Waals surface area contributed by atoms with Crippen LogP contribution in [0.2, 0.25) is 0 Å². The van der Waals surface area contributed by atoms with Crippen LogP contribution in [-0.4, -0.2) is 0 Å². The highest BCUT2D eigenvalue weighted by atomic mass is 16.5. The fraction of sp³-hybridized carbons (Fsp3) is 0.188. The molecule has 0 saturated heterocycles. The van der Waals surface area contributed by atoms with Gasteiger partial charge >= 0.3 is 0 Å². The van der Waals surface area contributed by atoms with Gasteiger partial charge in [0.2, 0.25) is 0 Å². The molecule has 4 aromatic carbocycles. The number of rotatable bonds is 8. The number of ether oxygens (including phenoxy) is 2. The number of aryl methyl sites for hydroxylation is 4. The molecule has 0 aliphatic heterocycles. The average Bonchev–Trinajstić information content (AvgIpc) is 2.85. The Morgan fingerprint density at radius 1 is 0.559 bits per heavy atom. The third kappa shape index (κ3) is 5.40. The molecule has 2 heteroatoms. The van der Waals surface area contributed by atoms with Gasteiger partial charge in [-0.1, -0.05) is 67.2 Å². The van der Waals surface area contributed by atoms with Crippen LogP contribution in [0.3, 0.4) is 0 Å². The Kier molecular flexibility index (Phi) is 7.18. The van der Waals surface area contributed by atoms with Gasteiger partial charge in [-0.25, -0.2) is 0 Å². The van der Waals surface area contributed by atoms with Crippen molar-refractivity contribution in [3.8, 4) is 11.5 Å². The summed E-state index contributed by atoms with van der Waals surface area (Å²) in [5.41, 5.74) is 10.1. The van der Waals surface area contributed by atoms with E-state index in [1.165, 1.54) is 0 Å². The van der Waals surface area contributed by atoms with Crippen molar-refractivity contribution in [3.05, 3.63) is 136 Å². The van der Waals surface area contributed by atoms with Crippen LogP contribution in [0.25, 0.3) is 5.57 Å². The maximum Gasteiger partial charge on any atom is 0.123 e. The minimum atomic E-state index is 0.560. The number of benzene rings is 4. The molecule has 172 valence electrons. The zero-order valence-corrected chi connectivity index (χ0v) is 20.5. The topological polar surface area (TPSA) is 18.5 Å². The Morgan fingerprint density at radius 3 is 1.32 bits per heavy atom. The highest BCUT2D eigenvalue weighted by molar-refractivity contribution is 5.82. The Morgan fingerprint density at radius 2 is 0.941 bits per heavy atom. The Balaban J connectivity index is 1.52. The summed E-state index contributed by atoms with van der Waals surface area (Å²) < 4.78 is 12.2. The molecule has 0 aliphatic rings. The second-order valence-electron chi connectivity index (χ2n) is 8.89. The minimum absolute atomic E-state index is 0.560. The van der Waals surface area contributed by atoms with E-state index in [0.29, 0.717) is 13.2 Å². The summed E-state index contributed by atoms with van der Waals surface area (Å²) in [7, 11) is 0. The van der Waals surface area contributed by atoms with Crippen molar-refractivity contribution in [3.63, 3.8) is 0 Å². The first-order valence-electron chi connectivity index (χ1n) is 11.7. The van der Waals surface area contributed by atoms with E-state index in [9.17, 15) is 0 Å². The van der Waals surface area contributed by atoms with Crippen LogP contribution in [0.15, 0.2) is 91.5 Å². The van der Waals surface area contributed by atoms with Gasteiger partial charge in [0.25, 0.3) is 0 Å². The van der Waals surface area contributed by atoms with E-state index < -0.39 is 0 Å². The van der Waals surface area contributed by atoms with Gasteiger partial charge in [-0.15, -0.1) is 0 Å². The highest BCUT2D eigenvalue weighted by Gasteiger charge is 2.14. The van der Waals surface area contributed by atoms with Crippen LogP contribution in [0.1, 0.15) is 44.5 Å². The fourth-order valence-corrected chi connectivity index (χ4v) is 4.16. The minimum Gasteiger partial charge on any atom is -0.489 e. The standard InChI is InChI=1S/C32H32O2/c1-22-18-31(33-20-27-12-8-6-9-13-27)24(3)16-29(22)26(5)30-17-25(4)32(19-23(30)2)34-21-28-14-10-7-11-15-28/h6-19H,5,20-21H2,1-4H3. The SMILES string of the molecule is C=C(c1cc(C)c(OCc2ccccc2)cc1C)c1cc(C)c(OCc2ccccc2)cc1C. The van der Waals surface area contributed by atoms with Crippen molar-refractivity contribution in [2.45, 2.75) is 40.9 Å². The van der Waals surface area contributed by atoms with Crippen molar-refractivity contribution in [2.24, 2.45) is 0 Å². The van der Waals surface area contributed by atoms with Crippen molar-refractivity contribution < 1.29 is 9.47 Å². The fourth-order valence-electron chi connectivity index (χ4n) is 4.16. The van der Waals surface area contributed by atoms with Crippen LogP contribution in [0, 0.1) is 27.7 Å². The molecule has 0 spiro atoms. The molecule has 0 atom stereocenters. The first-order chi connectivity index (χ1) is 16.4. The van der Waals surface area contributed by atoms with E-state index in [1.54, 1.807) is 0 Å². The van der Waals surface area contributed by atoms with E-state index in [-0.39, 0.29) is 0 Å². The van der Waals surface area contributed by atoms with Gasteiger partial charge in [0, 0.05) is 0 Å². The first kappa shape index (κ1) is 23.4. The Labute approximate surface area is 203 Å². The molecule has 34 heavy (non-hydrogen) atoms. The molecule has 0 radical (unpaired) electrons. The van der Waals surface area contributed by atoms with Gasteiger partial charge in [0.1, 0.15) is 24.7 Å². The van der Waals surface area contributed by atoms with Gasteiger partial charge < -0.3 is 9.47 Å². The third-order valence-electron chi connectivity index (χ3n) is 6.17. The summed E-state index contributed by atoms with van der Waals surface area (Å²) in [5, 5.41) is 0. The smallest absolute Gasteiger partial charge is 0.123 e. The van der Waals surface area contributed by atoms with Crippen LogP contribution in [0.4, 0.5) is 0 Å². The quantitative estimate of drug-likeness (QED) is 0.271.